The maximum Gasteiger partial charge on any atom is 0.263 e. The summed E-state index contributed by atoms with van der Waals surface area (Å²) < 4.78 is 5.78. The Morgan fingerprint density at radius 2 is 1.92 bits per heavy atom. The highest BCUT2D eigenvalue weighted by atomic mass is 32.1. The van der Waals surface area contributed by atoms with Gasteiger partial charge in [0.2, 0.25) is 0 Å². The molecule has 1 aromatic heterocycles. The molecule has 4 rings (SSSR count). The van der Waals surface area contributed by atoms with Crippen molar-refractivity contribution in [2.45, 2.75) is 31.4 Å². The van der Waals surface area contributed by atoms with Gasteiger partial charge in [-0.2, -0.15) is 0 Å². The summed E-state index contributed by atoms with van der Waals surface area (Å²) in [6.45, 7) is 4.62. The molecular formula is C20H24N2O2S. The van der Waals surface area contributed by atoms with E-state index in [-0.39, 0.29) is 17.6 Å². The van der Waals surface area contributed by atoms with Crippen LogP contribution in [0.5, 0.6) is 0 Å². The Morgan fingerprint density at radius 1 is 1.20 bits per heavy atom. The summed E-state index contributed by atoms with van der Waals surface area (Å²) >= 11 is 1.52. The van der Waals surface area contributed by atoms with E-state index in [0.717, 1.165) is 37.4 Å². The number of methoxy groups -OCH3 is 1. The van der Waals surface area contributed by atoms with E-state index in [1.54, 1.807) is 0 Å². The number of nitrogens with zero attached hydrogens (tertiary/aromatic N) is 2. The molecule has 2 aliphatic rings. The summed E-state index contributed by atoms with van der Waals surface area (Å²) in [7, 11) is 1.81. The summed E-state index contributed by atoms with van der Waals surface area (Å²) in [5.41, 5.74) is 2.56. The van der Waals surface area contributed by atoms with E-state index in [9.17, 15) is 4.79 Å². The van der Waals surface area contributed by atoms with Gasteiger partial charge in [0.1, 0.15) is 0 Å². The molecule has 1 spiro atoms. The second kappa shape index (κ2) is 6.46. The van der Waals surface area contributed by atoms with Gasteiger partial charge in [0, 0.05) is 32.4 Å². The second-order valence-electron chi connectivity index (χ2n) is 7.04. The molecule has 5 heteroatoms. The Bertz CT molecular complexity index is 734. The number of thiophene rings is 1. The van der Waals surface area contributed by atoms with E-state index in [2.05, 4.69) is 36.1 Å². The molecule has 0 radical (unpaired) electrons. The zero-order valence-electron chi connectivity index (χ0n) is 14.8. The van der Waals surface area contributed by atoms with Crippen LogP contribution in [0.2, 0.25) is 0 Å². The Balaban J connectivity index is 1.50. The lowest BCUT2D eigenvalue weighted by Gasteiger charge is -2.61. The van der Waals surface area contributed by atoms with Crippen molar-refractivity contribution in [3.05, 3.63) is 52.2 Å². The van der Waals surface area contributed by atoms with Crippen molar-refractivity contribution < 1.29 is 9.53 Å². The first-order chi connectivity index (χ1) is 12.1. The van der Waals surface area contributed by atoms with Crippen LogP contribution in [0.15, 0.2) is 41.8 Å². The van der Waals surface area contributed by atoms with Crippen molar-refractivity contribution in [2.24, 2.45) is 0 Å². The van der Waals surface area contributed by atoms with Gasteiger partial charge >= 0.3 is 0 Å². The molecule has 25 heavy (non-hydrogen) atoms. The number of hydrogen-bond acceptors (Lipinski definition) is 4. The Hall–Kier alpha value is -1.85. The smallest absolute Gasteiger partial charge is 0.263 e. The molecule has 2 aliphatic heterocycles. The molecule has 1 atom stereocenters. The molecule has 1 aromatic carbocycles. The van der Waals surface area contributed by atoms with Crippen LogP contribution in [0.1, 0.15) is 28.1 Å². The molecule has 2 aromatic rings. The zero-order chi connectivity index (χ0) is 17.4. The highest BCUT2D eigenvalue weighted by Gasteiger charge is 2.55. The summed E-state index contributed by atoms with van der Waals surface area (Å²) in [6, 6.07) is 12.6. The first kappa shape index (κ1) is 16.6. The van der Waals surface area contributed by atoms with Gasteiger partial charge in [-0.05, 0) is 43.3 Å². The van der Waals surface area contributed by atoms with Crippen LogP contribution < -0.4 is 4.90 Å². The molecule has 1 amide bonds. The van der Waals surface area contributed by atoms with E-state index in [4.69, 9.17) is 4.74 Å². The van der Waals surface area contributed by atoms with Crippen LogP contribution in [0.3, 0.4) is 0 Å². The fourth-order valence-corrected chi connectivity index (χ4v) is 4.90. The van der Waals surface area contributed by atoms with Gasteiger partial charge in [-0.15, -0.1) is 11.3 Å². The SMILES string of the molecule is COC1CN(c2ccc(C)cc2)C12CCN(C(=O)c1cccs1)CC2. The maximum atomic E-state index is 12.6. The molecule has 0 N–H and O–H groups in total. The first-order valence-electron chi connectivity index (χ1n) is 8.84. The van der Waals surface area contributed by atoms with E-state index in [0.29, 0.717) is 0 Å². The number of carbonyl (C=O) groups is 1. The molecule has 132 valence electrons. The van der Waals surface area contributed by atoms with Gasteiger partial charge in [0.05, 0.1) is 16.5 Å². The van der Waals surface area contributed by atoms with Crippen LogP contribution in [-0.2, 0) is 4.74 Å². The standard InChI is InChI=1S/C20H24N2O2S/c1-15-5-7-16(8-6-15)22-14-18(24-2)20(22)9-11-21(12-10-20)19(23)17-4-3-13-25-17/h3-8,13,18H,9-12,14H2,1-2H3. The number of likely N-dealkylation sites (tertiary alicyclic amines) is 1. The van der Waals surface area contributed by atoms with Crippen molar-refractivity contribution in [3.63, 3.8) is 0 Å². The lowest BCUT2D eigenvalue weighted by molar-refractivity contribution is -0.0432. The van der Waals surface area contributed by atoms with Crippen LogP contribution in [-0.4, -0.2) is 49.2 Å². The molecule has 4 nitrogen and oxygen atoms in total. The summed E-state index contributed by atoms with van der Waals surface area (Å²) in [5, 5.41) is 1.96. The van der Waals surface area contributed by atoms with Crippen LogP contribution in [0.25, 0.3) is 0 Å². The number of rotatable bonds is 3. The minimum Gasteiger partial charge on any atom is -0.377 e. The summed E-state index contributed by atoms with van der Waals surface area (Å²) in [4.78, 5) is 17.9. The molecule has 3 heterocycles. The van der Waals surface area contributed by atoms with Gasteiger partial charge < -0.3 is 14.5 Å². The second-order valence-corrected chi connectivity index (χ2v) is 7.99. The van der Waals surface area contributed by atoms with E-state index in [1.807, 2.05) is 29.5 Å². The maximum absolute atomic E-state index is 12.6. The van der Waals surface area contributed by atoms with Gasteiger partial charge in [0.25, 0.3) is 5.91 Å². The largest absolute Gasteiger partial charge is 0.377 e. The number of aryl methyl sites for hydroxylation is 1. The topological polar surface area (TPSA) is 32.8 Å². The van der Waals surface area contributed by atoms with Gasteiger partial charge in [0.15, 0.2) is 0 Å². The van der Waals surface area contributed by atoms with Gasteiger partial charge in [-0.25, -0.2) is 0 Å². The fraction of sp³-hybridized carbons (Fsp3) is 0.450. The number of piperidine rings is 1. The first-order valence-corrected chi connectivity index (χ1v) is 9.72. The monoisotopic (exact) mass is 356 g/mol. The quantitative estimate of drug-likeness (QED) is 0.843. The molecule has 2 saturated heterocycles. The van der Waals surface area contributed by atoms with Crippen molar-refractivity contribution in [3.8, 4) is 0 Å². The molecular weight excluding hydrogens is 332 g/mol. The minimum atomic E-state index is 0.0240. The van der Waals surface area contributed by atoms with Crippen molar-refractivity contribution in [1.29, 1.82) is 0 Å². The molecule has 0 saturated carbocycles. The zero-order valence-corrected chi connectivity index (χ0v) is 15.6. The number of ether oxygens (including phenoxy) is 1. The summed E-state index contributed by atoms with van der Waals surface area (Å²) in [5.74, 6) is 0.167. The average Bonchev–Trinajstić information content (AvgIpc) is 3.17. The number of anilines is 1. The van der Waals surface area contributed by atoms with E-state index >= 15 is 0 Å². The van der Waals surface area contributed by atoms with Crippen molar-refractivity contribution in [2.75, 3.05) is 31.6 Å². The third-order valence-electron chi connectivity index (χ3n) is 5.76. The molecule has 2 fully saturated rings. The molecule has 0 aliphatic carbocycles. The summed E-state index contributed by atoms with van der Waals surface area (Å²) in [6.07, 6.45) is 2.15. The van der Waals surface area contributed by atoms with Crippen LogP contribution in [0, 0.1) is 6.92 Å². The van der Waals surface area contributed by atoms with E-state index in [1.165, 1.54) is 22.6 Å². The highest BCUT2D eigenvalue weighted by molar-refractivity contribution is 7.12. The molecule has 1 unspecified atom stereocenters. The predicted molar refractivity (Wildman–Crippen MR) is 102 cm³/mol. The van der Waals surface area contributed by atoms with E-state index < -0.39 is 0 Å². The van der Waals surface area contributed by atoms with Crippen molar-refractivity contribution >= 4 is 22.9 Å². The highest BCUT2D eigenvalue weighted by Crippen LogP contribution is 2.44. The van der Waals surface area contributed by atoms with Gasteiger partial charge in [-0.3, -0.25) is 4.79 Å². The van der Waals surface area contributed by atoms with Crippen molar-refractivity contribution in [1.82, 2.24) is 4.90 Å². The number of benzene rings is 1. The number of amides is 1. The third-order valence-corrected chi connectivity index (χ3v) is 6.62. The number of hydrogen-bond donors (Lipinski definition) is 0. The normalized spacial score (nSPS) is 22.1. The third kappa shape index (κ3) is 2.75. The van der Waals surface area contributed by atoms with Gasteiger partial charge in [-0.1, -0.05) is 23.8 Å². The Labute approximate surface area is 153 Å². The lowest BCUT2D eigenvalue weighted by Crippen LogP contribution is -2.74. The molecule has 0 bridgehead atoms. The number of carbonyl (C=O) groups excluding carboxylic acids is 1. The van der Waals surface area contributed by atoms with Crippen LogP contribution >= 0.6 is 11.3 Å². The Morgan fingerprint density at radius 3 is 2.52 bits per heavy atom. The average molecular weight is 356 g/mol. The fourth-order valence-electron chi connectivity index (χ4n) is 4.21. The predicted octanol–water partition coefficient (Wildman–Crippen LogP) is 3.57. The Kier molecular flexibility index (Phi) is 4.29. The lowest BCUT2D eigenvalue weighted by atomic mass is 9.73. The minimum absolute atomic E-state index is 0.0240. The van der Waals surface area contributed by atoms with Crippen LogP contribution in [0.4, 0.5) is 5.69 Å².